The molecule has 2 amide bonds. The Bertz CT molecular complexity index is 413. The van der Waals surface area contributed by atoms with Crippen molar-refractivity contribution in [2.24, 2.45) is 0 Å². The van der Waals surface area contributed by atoms with Gasteiger partial charge < -0.3 is 9.80 Å². The Morgan fingerprint density at radius 3 is 2.06 bits per heavy atom. The average Bonchev–Trinajstić information content (AvgIpc) is 2.36. The second kappa shape index (κ2) is 6.14. The first-order valence-corrected chi connectivity index (χ1v) is 7.51. The molecule has 0 bridgehead atoms. The Hall–Kier alpha value is -1.15. The van der Waals surface area contributed by atoms with Crippen LogP contribution >= 0.6 is 0 Å². The molecule has 7 nitrogen and oxygen atoms in total. The summed E-state index contributed by atoms with van der Waals surface area (Å²) in [6.07, 6.45) is 0. The normalized spacial score (nSPS) is 16.8. The summed E-state index contributed by atoms with van der Waals surface area (Å²) in [7, 11) is -3.34. The number of hydrogen-bond donors (Lipinski definition) is 1. The average molecular weight is 277 g/mol. The Kier molecular flexibility index (Phi) is 5.09. The number of nitrogens with one attached hydrogen (secondary N) is 1. The maximum atomic E-state index is 11.7. The third-order valence-electron chi connectivity index (χ3n) is 2.90. The van der Waals surface area contributed by atoms with Crippen LogP contribution in [0, 0.1) is 0 Å². The van der Waals surface area contributed by atoms with Crippen LogP contribution in [-0.4, -0.2) is 68.5 Å². The molecule has 0 aromatic rings. The van der Waals surface area contributed by atoms with Crippen LogP contribution in [0.25, 0.3) is 0 Å². The number of hydrogen-bond acceptors (Lipinski definition) is 4. The van der Waals surface area contributed by atoms with Gasteiger partial charge in [0.15, 0.2) is 0 Å². The zero-order chi connectivity index (χ0) is 13.8. The summed E-state index contributed by atoms with van der Waals surface area (Å²) >= 11 is 0. The van der Waals surface area contributed by atoms with E-state index in [4.69, 9.17) is 0 Å². The summed E-state index contributed by atoms with van der Waals surface area (Å²) in [5.41, 5.74) is 0. The molecule has 104 valence electrons. The smallest absolute Gasteiger partial charge is 0.237 e. The monoisotopic (exact) mass is 277 g/mol. The molecule has 1 fully saturated rings. The molecular formula is C10H19N3O4S. The first kappa shape index (κ1) is 14.9. The molecule has 0 unspecified atom stereocenters. The number of piperazine rings is 1. The van der Waals surface area contributed by atoms with Gasteiger partial charge in [-0.1, -0.05) is 0 Å². The van der Waals surface area contributed by atoms with Crippen molar-refractivity contribution in [3.05, 3.63) is 0 Å². The van der Waals surface area contributed by atoms with Gasteiger partial charge >= 0.3 is 0 Å². The van der Waals surface area contributed by atoms with Crippen LogP contribution in [0.5, 0.6) is 0 Å². The highest BCUT2D eigenvalue weighted by atomic mass is 32.2. The molecule has 0 aromatic carbocycles. The molecule has 0 aliphatic carbocycles. The molecule has 0 aromatic heterocycles. The lowest BCUT2D eigenvalue weighted by Gasteiger charge is -2.34. The van der Waals surface area contributed by atoms with E-state index < -0.39 is 10.0 Å². The van der Waals surface area contributed by atoms with E-state index in [0.29, 0.717) is 26.2 Å². The minimum Gasteiger partial charge on any atom is -0.339 e. The summed E-state index contributed by atoms with van der Waals surface area (Å²) in [5, 5.41) is 0. The van der Waals surface area contributed by atoms with Crippen molar-refractivity contribution in [2.75, 3.05) is 38.5 Å². The Morgan fingerprint density at radius 1 is 1.11 bits per heavy atom. The van der Waals surface area contributed by atoms with Gasteiger partial charge in [0.25, 0.3) is 0 Å². The number of rotatable bonds is 4. The van der Waals surface area contributed by atoms with Crippen molar-refractivity contribution in [1.82, 2.24) is 14.5 Å². The first-order valence-electron chi connectivity index (χ1n) is 5.86. The van der Waals surface area contributed by atoms with Crippen molar-refractivity contribution in [2.45, 2.75) is 13.8 Å². The zero-order valence-electron chi connectivity index (χ0n) is 10.7. The molecular weight excluding hydrogens is 258 g/mol. The minimum atomic E-state index is -3.34. The van der Waals surface area contributed by atoms with Crippen LogP contribution in [0.1, 0.15) is 13.8 Å². The highest BCUT2D eigenvalue weighted by Gasteiger charge is 2.22. The van der Waals surface area contributed by atoms with Crippen LogP contribution in [0.3, 0.4) is 0 Å². The number of carbonyl (C=O) groups is 2. The van der Waals surface area contributed by atoms with Crippen molar-refractivity contribution in [3.8, 4) is 0 Å². The maximum Gasteiger partial charge on any atom is 0.237 e. The SMILES string of the molecule is CCS(=O)(=O)NCC(=O)N1CCN(C(C)=O)CC1. The largest absolute Gasteiger partial charge is 0.339 e. The molecule has 18 heavy (non-hydrogen) atoms. The molecule has 0 saturated carbocycles. The Morgan fingerprint density at radius 2 is 1.61 bits per heavy atom. The van der Waals surface area contributed by atoms with E-state index >= 15 is 0 Å². The number of sulfonamides is 1. The fourth-order valence-corrected chi connectivity index (χ4v) is 2.20. The second-order valence-corrected chi connectivity index (χ2v) is 6.21. The first-order chi connectivity index (χ1) is 8.35. The van der Waals surface area contributed by atoms with Gasteiger partial charge in [0, 0.05) is 33.1 Å². The van der Waals surface area contributed by atoms with E-state index in [9.17, 15) is 18.0 Å². The molecule has 1 N–H and O–H groups in total. The predicted octanol–water partition coefficient (Wildman–Crippen LogP) is -1.38. The third-order valence-corrected chi connectivity index (χ3v) is 4.25. The Labute approximate surface area is 107 Å². The molecule has 0 radical (unpaired) electrons. The molecule has 0 spiro atoms. The molecule has 1 aliphatic heterocycles. The standard InChI is InChI=1S/C10H19N3O4S/c1-3-18(16,17)11-8-10(15)13-6-4-12(5-7-13)9(2)14/h11H,3-8H2,1-2H3. The second-order valence-electron chi connectivity index (χ2n) is 4.11. The topological polar surface area (TPSA) is 86.8 Å². The van der Waals surface area contributed by atoms with E-state index in [1.165, 1.54) is 13.8 Å². The fraction of sp³-hybridized carbons (Fsp3) is 0.800. The highest BCUT2D eigenvalue weighted by Crippen LogP contribution is 2.02. The van der Waals surface area contributed by atoms with Gasteiger partial charge in [-0.25, -0.2) is 13.1 Å². The molecule has 0 atom stereocenters. The summed E-state index contributed by atoms with van der Waals surface area (Å²) in [5.74, 6) is -0.303. The predicted molar refractivity (Wildman–Crippen MR) is 66.3 cm³/mol. The van der Waals surface area contributed by atoms with Crippen LogP contribution in [-0.2, 0) is 19.6 Å². The van der Waals surface area contributed by atoms with Crippen LogP contribution in [0.4, 0.5) is 0 Å². The minimum absolute atomic E-state index is 0.00575. The van der Waals surface area contributed by atoms with Gasteiger partial charge in [-0.05, 0) is 6.92 Å². The van der Waals surface area contributed by atoms with E-state index in [2.05, 4.69) is 4.72 Å². The van der Waals surface area contributed by atoms with Crippen molar-refractivity contribution in [1.29, 1.82) is 0 Å². The lowest BCUT2D eigenvalue weighted by Crippen LogP contribution is -2.52. The summed E-state index contributed by atoms with van der Waals surface area (Å²) in [4.78, 5) is 26.1. The van der Waals surface area contributed by atoms with E-state index in [-0.39, 0.29) is 24.1 Å². The lowest BCUT2D eigenvalue weighted by molar-refractivity contribution is -0.137. The van der Waals surface area contributed by atoms with Gasteiger partial charge in [0.2, 0.25) is 21.8 Å². The van der Waals surface area contributed by atoms with Crippen LogP contribution < -0.4 is 4.72 Å². The summed E-state index contributed by atoms with van der Waals surface area (Å²) < 4.78 is 24.6. The number of amides is 2. The number of nitrogens with zero attached hydrogens (tertiary/aromatic N) is 2. The zero-order valence-corrected chi connectivity index (χ0v) is 11.5. The van der Waals surface area contributed by atoms with Gasteiger partial charge in [-0.3, -0.25) is 9.59 Å². The maximum absolute atomic E-state index is 11.7. The Balaban J connectivity index is 2.39. The van der Waals surface area contributed by atoms with E-state index in [0.717, 1.165) is 0 Å². The molecule has 1 saturated heterocycles. The summed E-state index contributed by atoms with van der Waals surface area (Å²) in [6, 6.07) is 0. The van der Waals surface area contributed by atoms with E-state index in [1.54, 1.807) is 9.80 Å². The van der Waals surface area contributed by atoms with Gasteiger partial charge in [0.05, 0.1) is 12.3 Å². The quantitative estimate of drug-likeness (QED) is 0.686. The number of carbonyl (C=O) groups excluding carboxylic acids is 2. The van der Waals surface area contributed by atoms with Gasteiger partial charge in [0.1, 0.15) is 0 Å². The third kappa shape index (κ3) is 4.26. The van der Waals surface area contributed by atoms with Gasteiger partial charge in [-0.15, -0.1) is 0 Å². The lowest BCUT2D eigenvalue weighted by atomic mass is 10.3. The van der Waals surface area contributed by atoms with Crippen molar-refractivity contribution in [3.63, 3.8) is 0 Å². The van der Waals surface area contributed by atoms with Crippen molar-refractivity contribution >= 4 is 21.8 Å². The van der Waals surface area contributed by atoms with Crippen molar-refractivity contribution < 1.29 is 18.0 Å². The van der Waals surface area contributed by atoms with E-state index in [1.807, 2.05) is 0 Å². The summed E-state index contributed by atoms with van der Waals surface area (Å²) in [6.45, 7) is 4.70. The van der Waals surface area contributed by atoms with Gasteiger partial charge in [-0.2, -0.15) is 0 Å². The molecule has 1 aliphatic rings. The molecule has 8 heteroatoms. The van der Waals surface area contributed by atoms with Crippen LogP contribution in [0.15, 0.2) is 0 Å². The molecule has 1 rings (SSSR count). The van der Waals surface area contributed by atoms with Crippen LogP contribution in [0.2, 0.25) is 0 Å². The fourth-order valence-electron chi connectivity index (χ4n) is 1.66. The highest BCUT2D eigenvalue weighted by molar-refractivity contribution is 7.89. The molecule has 1 heterocycles.